The average molecular weight is 319 g/mol. The highest BCUT2D eigenvalue weighted by Crippen LogP contribution is 2.18. The fourth-order valence-electron chi connectivity index (χ4n) is 2.27. The summed E-state index contributed by atoms with van der Waals surface area (Å²) in [6.07, 6.45) is 7.08. The number of imidazole rings is 1. The summed E-state index contributed by atoms with van der Waals surface area (Å²) in [5.74, 6) is -0.146. The number of aryl methyl sites for hydroxylation is 1. The molecule has 6 heteroatoms. The molecule has 0 spiro atoms. The van der Waals surface area contributed by atoms with E-state index in [0.29, 0.717) is 5.56 Å². The number of carbonyl (C=O) groups is 1. The van der Waals surface area contributed by atoms with Gasteiger partial charge in [-0.2, -0.15) is 11.8 Å². The molecule has 0 radical (unpaired) electrons. The number of aromatic nitrogens is 2. The second-order valence-corrected chi connectivity index (χ2v) is 6.29. The standard InChI is InChI=1S/C16H21N3O2S/c1-11-4-5-14(19-7-6-17-10-19)13(8-11)16(21)18-12(2)15(9-20)22-3/h4-8,10,12,15,20H,9H2,1-3H3,(H,18,21). The number of carbonyl (C=O) groups excluding carboxylic acids is 1. The highest BCUT2D eigenvalue weighted by Gasteiger charge is 2.20. The molecule has 2 unspecified atom stereocenters. The third-order valence-electron chi connectivity index (χ3n) is 3.58. The lowest BCUT2D eigenvalue weighted by Gasteiger charge is -2.22. The molecule has 0 aliphatic heterocycles. The van der Waals surface area contributed by atoms with E-state index < -0.39 is 0 Å². The van der Waals surface area contributed by atoms with Crippen LogP contribution in [-0.2, 0) is 0 Å². The van der Waals surface area contributed by atoms with E-state index in [1.165, 1.54) is 0 Å². The van der Waals surface area contributed by atoms with Crippen molar-refractivity contribution in [1.29, 1.82) is 0 Å². The Kier molecular flexibility index (Phi) is 5.63. The maximum absolute atomic E-state index is 12.6. The molecular weight excluding hydrogens is 298 g/mol. The third kappa shape index (κ3) is 3.69. The van der Waals surface area contributed by atoms with Gasteiger partial charge in [0.15, 0.2) is 0 Å². The summed E-state index contributed by atoms with van der Waals surface area (Å²) in [5.41, 5.74) is 2.41. The predicted molar refractivity (Wildman–Crippen MR) is 89.6 cm³/mol. The molecule has 2 rings (SSSR count). The first-order valence-corrected chi connectivity index (χ1v) is 8.39. The minimum absolute atomic E-state index is 0.0227. The number of rotatable bonds is 6. The Bertz CT molecular complexity index is 624. The molecule has 2 atom stereocenters. The molecule has 0 bridgehead atoms. The maximum Gasteiger partial charge on any atom is 0.253 e. The molecule has 22 heavy (non-hydrogen) atoms. The van der Waals surface area contributed by atoms with E-state index in [4.69, 9.17) is 0 Å². The lowest BCUT2D eigenvalue weighted by Crippen LogP contribution is -2.41. The normalized spacial score (nSPS) is 13.6. The highest BCUT2D eigenvalue weighted by molar-refractivity contribution is 7.99. The largest absolute Gasteiger partial charge is 0.395 e. The van der Waals surface area contributed by atoms with Crippen molar-refractivity contribution in [3.8, 4) is 5.69 Å². The number of benzene rings is 1. The van der Waals surface area contributed by atoms with Crippen molar-refractivity contribution < 1.29 is 9.90 Å². The summed E-state index contributed by atoms with van der Waals surface area (Å²) in [4.78, 5) is 16.7. The molecular formula is C16H21N3O2S. The minimum atomic E-state index is -0.146. The average Bonchev–Trinajstić information content (AvgIpc) is 3.02. The number of thioether (sulfide) groups is 1. The van der Waals surface area contributed by atoms with Crippen LogP contribution < -0.4 is 5.32 Å². The van der Waals surface area contributed by atoms with Crippen LogP contribution in [0.3, 0.4) is 0 Å². The number of hydrogen-bond acceptors (Lipinski definition) is 4. The summed E-state index contributed by atoms with van der Waals surface area (Å²) < 4.78 is 1.82. The fourth-order valence-corrected chi connectivity index (χ4v) is 2.90. The van der Waals surface area contributed by atoms with E-state index in [2.05, 4.69) is 10.3 Å². The fraction of sp³-hybridized carbons (Fsp3) is 0.375. The lowest BCUT2D eigenvalue weighted by atomic mass is 10.1. The highest BCUT2D eigenvalue weighted by atomic mass is 32.2. The van der Waals surface area contributed by atoms with Crippen molar-refractivity contribution >= 4 is 17.7 Å². The van der Waals surface area contributed by atoms with Gasteiger partial charge in [-0.15, -0.1) is 0 Å². The molecule has 1 heterocycles. The SMILES string of the molecule is CSC(CO)C(C)NC(=O)c1cc(C)ccc1-n1ccnc1. The zero-order valence-corrected chi connectivity index (χ0v) is 13.8. The van der Waals surface area contributed by atoms with Crippen LogP contribution in [0.5, 0.6) is 0 Å². The Morgan fingerprint density at radius 1 is 1.50 bits per heavy atom. The van der Waals surface area contributed by atoms with E-state index in [1.54, 1.807) is 24.3 Å². The van der Waals surface area contributed by atoms with Gasteiger partial charge in [-0.05, 0) is 32.2 Å². The molecule has 2 N–H and O–H groups in total. The van der Waals surface area contributed by atoms with E-state index in [9.17, 15) is 9.90 Å². The Morgan fingerprint density at radius 2 is 2.27 bits per heavy atom. The molecule has 0 saturated carbocycles. The smallest absolute Gasteiger partial charge is 0.253 e. The summed E-state index contributed by atoms with van der Waals surface area (Å²) in [7, 11) is 0. The van der Waals surface area contributed by atoms with Crippen molar-refractivity contribution in [3.63, 3.8) is 0 Å². The number of amides is 1. The monoisotopic (exact) mass is 319 g/mol. The van der Waals surface area contributed by atoms with E-state index in [1.807, 2.05) is 49.1 Å². The van der Waals surface area contributed by atoms with Gasteiger partial charge in [0.25, 0.3) is 5.91 Å². The van der Waals surface area contributed by atoms with E-state index in [0.717, 1.165) is 11.3 Å². The number of hydrogen-bond donors (Lipinski definition) is 2. The number of nitrogens with one attached hydrogen (secondary N) is 1. The summed E-state index contributed by atoms with van der Waals surface area (Å²) in [6, 6.07) is 5.62. The summed E-state index contributed by atoms with van der Waals surface area (Å²) in [6.45, 7) is 3.89. The van der Waals surface area contributed by atoms with Crippen LogP contribution in [0.25, 0.3) is 5.69 Å². The zero-order chi connectivity index (χ0) is 16.1. The van der Waals surface area contributed by atoms with Crippen LogP contribution in [0.1, 0.15) is 22.8 Å². The van der Waals surface area contributed by atoms with Crippen LogP contribution in [0.4, 0.5) is 0 Å². The molecule has 1 aromatic carbocycles. The Hall–Kier alpha value is -1.79. The predicted octanol–water partition coefficient (Wildman–Crippen LogP) is 2.02. The number of aliphatic hydroxyl groups is 1. The Labute approximate surface area is 134 Å². The minimum Gasteiger partial charge on any atom is -0.395 e. The first-order chi connectivity index (χ1) is 10.6. The molecule has 1 amide bonds. The number of nitrogens with zero attached hydrogens (tertiary/aromatic N) is 2. The van der Waals surface area contributed by atoms with Crippen molar-refractivity contribution in [2.75, 3.05) is 12.9 Å². The van der Waals surface area contributed by atoms with Crippen LogP contribution in [0, 0.1) is 6.92 Å². The van der Waals surface area contributed by atoms with Crippen LogP contribution >= 0.6 is 11.8 Å². The van der Waals surface area contributed by atoms with Crippen molar-refractivity contribution in [1.82, 2.24) is 14.9 Å². The van der Waals surface area contributed by atoms with Gasteiger partial charge in [-0.25, -0.2) is 4.98 Å². The Morgan fingerprint density at radius 3 is 2.86 bits per heavy atom. The second-order valence-electron chi connectivity index (χ2n) is 5.21. The molecule has 0 saturated heterocycles. The molecule has 5 nitrogen and oxygen atoms in total. The van der Waals surface area contributed by atoms with Gasteiger partial charge < -0.3 is 15.0 Å². The van der Waals surface area contributed by atoms with Crippen molar-refractivity contribution in [3.05, 3.63) is 48.0 Å². The van der Waals surface area contributed by atoms with E-state index >= 15 is 0 Å². The van der Waals surface area contributed by atoms with Gasteiger partial charge in [0, 0.05) is 23.7 Å². The third-order valence-corrected chi connectivity index (χ3v) is 4.74. The molecule has 118 valence electrons. The lowest BCUT2D eigenvalue weighted by molar-refractivity contribution is 0.0936. The zero-order valence-electron chi connectivity index (χ0n) is 13.0. The van der Waals surface area contributed by atoms with Crippen LogP contribution in [-0.4, -0.2) is 44.7 Å². The first kappa shape index (κ1) is 16.6. The maximum atomic E-state index is 12.6. The second kappa shape index (κ2) is 7.47. The van der Waals surface area contributed by atoms with Gasteiger partial charge >= 0.3 is 0 Å². The van der Waals surface area contributed by atoms with Gasteiger partial charge in [0.1, 0.15) is 0 Å². The molecule has 0 fully saturated rings. The van der Waals surface area contributed by atoms with Crippen LogP contribution in [0.2, 0.25) is 0 Å². The van der Waals surface area contributed by atoms with Gasteiger partial charge in [0.2, 0.25) is 0 Å². The molecule has 0 aliphatic rings. The first-order valence-electron chi connectivity index (χ1n) is 7.10. The van der Waals surface area contributed by atoms with Gasteiger partial charge in [0.05, 0.1) is 24.2 Å². The van der Waals surface area contributed by atoms with Gasteiger partial charge in [-0.1, -0.05) is 11.6 Å². The molecule has 0 aliphatic carbocycles. The van der Waals surface area contributed by atoms with Crippen molar-refractivity contribution in [2.45, 2.75) is 25.1 Å². The summed E-state index contributed by atoms with van der Waals surface area (Å²) >= 11 is 1.54. The summed E-state index contributed by atoms with van der Waals surface area (Å²) in [5, 5.41) is 12.3. The van der Waals surface area contributed by atoms with Crippen LogP contribution in [0.15, 0.2) is 36.9 Å². The molecule has 1 aromatic heterocycles. The van der Waals surface area contributed by atoms with E-state index in [-0.39, 0.29) is 23.8 Å². The topological polar surface area (TPSA) is 67.2 Å². The molecule has 2 aromatic rings. The number of aliphatic hydroxyl groups excluding tert-OH is 1. The van der Waals surface area contributed by atoms with Crippen molar-refractivity contribution in [2.24, 2.45) is 0 Å². The van der Waals surface area contributed by atoms with Gasteiger partial charge in [-0.3, -0.25) is 4.79 Å². The quantitative estimate of drug-likeness (QED) is 0.855. The Balaban J connectivity index is 2.27.